The summed E-state index contributed by atoms with van der Waals surface area (Å²) in [5.74, 6) is 0.574. The first-order valence-corrected chi connectivity index (χ1v) is 9.84. The van der Waals surface area contributed by atoms with Crippen molar-refractivity contribution in [1.82, 2.24) is 24.5 Å². The van der Waals surface area contributed by atoms with Crippen LogP contribution in [0.2, 0.25) is 0 Å². The van der Waals surface area contributed by atoms with E-state index in [9.17, 15) is 4.79 Å². The molecule has 7 heteroatoms. The Hall–Kier alpha value is -3.19. The minimum atomic E-state index is -0.0834. The molecule has 0 aliphatic rings. The molecule has 0 fully saturated rings. The van der Waals surface area contributed by atoms with Crippen LogP contribution in [-0.2, 0) is 12.8 Å². The van der Waals surface area contributed by atoms with Crippen LogP contribution >= 0.6 is 11.8 Å². The quantitative estimate of drug-likeness (QED) is 0.385. The van der Waals surface area contributed by atoms with Crippen LogP contribution in [0.3, 0.4) is 0 Å². The Morgan fingerprint density at radius 1 is 1.04 bits per heavy atom. The summed E-state index contributed by atoms with van der Waals surface area (Å²) in [6.07, 6.45) is 1.91. The van der Waals surface area contributed by atoms with Crippen LogP contribution in [0.15, 0.2) is 76.8 Å². The summed E-state index contributed by atoms with van der Waals surface area (Å²) in [6, 6.07) is 19.3. The first-order valence-electron chi connectivity index (χ1n) is 8.85. The molecule has 0 spiro atoms. The highest BCUT2D eigenvalue weighted by Gasteiger charge is 2.11. The molecule has 4 aromatic rings. The lowest BCUT2D eigenvalue weighted by Crippen LogP contribution is -2.19. The number of rotatable bonds is 5. The molecular weight excluding hydrogens is 370 g/mol. The van der Waals surface area contributed by atoms with E-state index in [0.717, 1.165) is 22.5 Å². The summed E-state index contributed by atoms with van der Waals surface area (Å²) in [4.78, 5) is 17.0. The molecule has 0 amide bonds. The SMILES string of the molecule is Cc1ccccc1-n1cc(CSc2nc(-c3ccccc3)cc(=O)n2C)nn1. The molecule has 28 heavy (non-hydrogen) atoms. The Kier molecular flexibility index (Phi) is 5.08. The molecule has 2 heterocycles. The molecule has 2 aromatic carbocycles. The van der Waals surface area contributed by atoms with Gasteiger partial charge in [-0.15, -0.1) is 5.10 Å². The topological polar surface area (TPSA) is 65.6 Å². The van der Waals surface area contributed by atoms with Crippen molar-refractivity contribution in [3.05, 3.63) is 88.5 Å². The molecule has 0 atom stereocenters. The zero-order valence-electron chi connectivity index (χ0n) is 15.6. The average molecular weight is 389 g/mol. The van der Waals surface area contributed by atoms with Crippen molar-refractivity contribution >= 4 is 11.8 Å². The zero-order chi connectivity index (χ0) is 19.5. The van der Waals surface area contributed by atoms with Crippen molar-refractivity contribution in [3.63, 3.8) is 0 Å². The van der Waals surface area contributed by atoms with E-state index in [0.29, 0.717) is 16.6 Å². The highest BCUT2D eigenvalue weighted by Crippen LogP contribution is 2.23. The van der Waals surface area contributed by atoms with Crippen LogP contribution < -0.4 is 5.56 Å². The average Bonchev–Trinajstić information content (AvgIpc) is 3.19. The van der Waals surface area contributed by atoms with Gasteiger partial charge in [0.2, 0.25) is 0 Å². The maximum atomic E-state index is 12.3. The van der Waals surface area contributed by atoms with Gasteiger partial charge in [0.05, 0.1) is 23.3 Å². The molecule has 0 N–H and O–H groups in total. The second-order valence-corrected chi connectivity index (χ2v) is 7.36. The fourth-order valence-electron chi connectivity index (χ4n) is 2.85. The van der Waals surface area contributed by atoms with Gasteiger partial charge in [0.1, 0.15) is 0 Å². The van der Waals surface area contributed by atoms with Crippen molar-refractivity contribution in [1.29, 1.82) is 0 Å². The van der Waals surface area contributed by atoms with Crippen LogP contribution in [0.4, 0.5) is 0 Å². The molecule has 0 saturated carbocycles. The van der Waals surface area contributed by atoms with E-state index in [4.69, 9.17) is 0 Å². The van der Waals surface area contributed by atoms with E-state index >= 15 is 0 Å². The lowest BCUT2D eigenvalue weighted by atomic mass is 10.1. The van der Waals surface area contributed by atoms with Crippen molar-refractivity contribution in [2.75, 3.05) is 0 Å². The number of aryl methyl sites for hydroxylation is 1. The summed E-state index contributed by atoms with van der Waals surface area (Å²) >= 11 is 1.47. The molecule has 140 valence electrons. The third kappa shape index (κ3) is 3.75. The Bertz CT molecular complexity index is 1170. The van der Waals surface area contributed by atoms with Crippen molar-refractivity contribution in [3.8, 4) is 16.9 Å². The lowest BCUT2D eigenvalue weighted by Gasteiger charge is -2.08. The summed E-state index contributed by atoms with van der Waals surface area (Å²) in [6.45, 7) is 2.04. The normalized spacial score (nSPS) is 10.9. The first kappa shape index (κ1) is 18.2. The first-order chi connectivity index (χ1) is 13.6. The fraction of sp³-hybridized carbons (Fsp3) is 0.143. The maximum Gasteiger partial charge on any atom is 0.254 e. The minimum absolute atomic E-state index is 0.0834. The van der Waals surface area contributed by atoms with Crippen LogP contribution in [0.1, 0.15) is 11.3 Å². The Labute approximate surface area is 166 Å². The molecule has 6 nitrogen and oxygen atoms in total. The Morgan fingerprint density at radius 2 is 1.79 bits per heavy atom. The van der Waals surface area contributed by atoms with E-state index in [-0.39, 0.29) is 5.56 Å². The largest absolute Gasteiger partial charge is 0.291 e. The third-order valence-electron chi connectivity index (χ3n) is 4.42. The van der Waals surface area contributed by atoms with Crippen molar-refractivity contribution < 1.29 is 0 Å². The summed E-state index contributed by atoms with van der Waals surface area (Å²) < 4.78 is 3.33. The van der Waals surface area contributed by atoms with E-state index in [1.165, 1.54) is 11.8 Å². The van der Waals surface area contributed by atoms with E-state index in [1.807, 2.05) is 67.7 Å². The van der Waals surface area contributed by atoms with Gasteiger partial charge in [-0.05, 0) is 18.6 Å². The summed E-state index contributed by atoms with van der Waals surface area (Å²) in [5.41, 5.74) is 4.48. The molecule has 2 aromatic heterocycles. The number of nitrogens with zero attached hydrogens (tertiary/aromatic N) is 5. The number of para-hydroxylation sites is 1. The van der Waals surface area contributed by atoms with Crippen LogP contribution in [0, 0.1) is 6.92 Å². The molecular formula is C21H19N5OS. The van der Waals surface area contributed by atoms with Gasteiger partial charge in [0, 0.05) is 24.4 Å². The van der Waals surface area contributed by atoms with Crippen LogP contribution in [-0.4, -0.2) is 24.5 Å². The van der Waals surface area contributed by atoms with E-state index in [2.05, 4.69) is 15.3 Å². The molecule has 0 aliphatic carbocycles. The fourth-order valence-corrected chi connectivity index (χ4v) is 3.70. The lowest BCUT2D eigenvalue weighted by molar-refractivity contribution is 0.711. The van der Waals surface area contributed by atoms with Gasteiger partial charge in [-0.1, -0.05) is 65.5 Å². The van der Waals surface area contributed by atoms with Gasteiger partial charge in [-0.3, -0.25) is 9.36 Å². The Balaban J connectivity index is 1.57. The van der Waals surface area contributed by atoms with Crippen molar-refractivity contribution in [2.45, 2.75) is 17.8 Å². The standard InChI is InChI=1S/C21H19N5OS/c1-15-8-6-7-11-19(15)26-13-17(23-24-26)14-28-21-22-18(12-20(27)25(21)2)16-9-4-3-5-10-16/h3-13H,14H2,1-2H3. The predicted octanol–water partition coefficient (Wildman–Crippen LogP) is 3.63. The monoisotopic (exact) mass is 389 g/mol. The number of hydrogen-bond acceptors (Lipinski definition) is 5. The van der Waals surface area contributed by atoms with E-state index in [1.54, 1.807) is 22.4 Å². The smallest absolute Gasteiger partial charge is 0.254 e. The van der Waals surface area contributed by atoms with Crippen LogP contribution in [0.5, 0.6) is 0 Å². The second-order valence-electron chi connectivity index (χ2n) is 6.42. The maximum absolute atomic E-state index is 12.3. The van der Waals surface area contributed by atoms with Gasteiger partial charge < -0.3 is 0 Å². The van der Waals surface area contributed by atoms with Gasteiger partial charge >= 0.3 is 0 Å². The highest BCUT2D eigenvalue weighted by atomic mass is 32.2. The summed E-state index contributed by atoms with van der Waals surface area (Å²) in [7, 11) is 1.73. The molecule has 0 bridgehead atoms. The van der Waals surface area contributed by atoms with Crippen LogP contribution in [0.25, 0.3) is 16.9 Å². The summed E-state index contributed by atoms with van der Waals surface area (Å²) in [5, 5.41) is 9.14. The third-order valence-corrected chi connectivity index (χ3v) is 5.48. The molecule has 4 rings (SSSR count). The minimum Gasteiger partial charge on any atom is -0.291 e. The van der Waals surface area contributed by atoms with Gasteiger partial charge in [-0.25, -0.2) is 9.67 Å². The number of aromatic nitrogens is 5. The predicted molar refractivity (Wildman–Crippen MR) is 111 cm³/mol. The highest BCUT2D eigenvalue weighted by molar-refractivity contribution is 7.98. The molecule has 0 aliphatic heterocycles. The van der Waals surface area contributed by atoms with E-state index < -0.39 is 0 Å². The van der Waals surface area contributed by atoms with Gasteiger partial charge in [0.15, 0.2) is 5.16 Å². The zero-order valence-corrected chi connectivity index (χ0v) is 16.4. The van der Waals surface area contributed by atoms with Gasteiger partial charge in [0.25, 0.3) is 5.56 Å². The number of benzene rings is 2. The second kappa shape index (κ2) is 7.82. The molecule has 0 unspecified atom stereocenters. The van der Waals surface area contributed by atoms with Crippen molar-refractivity contribution in [2.24, 2.45) is 7.05 Å². The number of thioether (sulfide) groups is 1. The van der Waals surface area contributed by atoms with Gasteiger partial charge in [-0.2, -0.15) is 0 Å². The molecule has 0 radical (unpaired) electrons. The molecule has 0 saturated heterocycles. The Morgan fingerprint density at radius 3 is 2.57 bits per heavy atom. The number of hydrogen-bond donors (Lipinski definition) is 0.